The third-order valence-corrected chi connectivity index (χ3v) is 4.14. The van der Waals surface area contributed by atoms with Crippen molar-refractivity contribution in [3.8, 4) is 5.75 Å². The van der Waals surface area contributed by atoms with E-state index in [0.717, 1.165) is 11.1 Å². The van der Waals surface area contributed by atoms with Gasteiger partial charge in [-0.3, -0.25) is 9.59 Å². The third-order valence-electron chi connectivity index (χ3n) is 4.14. The van der Waals surface area contributed by atoms with Gasteiger partial charge in [-0.05, 0) is 49.2 Å². The molecule has 152 valence electrons. The maximum absolute atomic E-state index is 12.1. The maximum Gasteiger partial charge on any atom is 0.379 e. The normalized spacial score (nSPS) is 10.6. The Bertz CT molecular complexity index is 1080. The summed E-state index contributed by atoms with van der Waals surface area (Å²) in [5.74, 6) is -2.17. The molecule has 0 fully saturated rings. The monoisotopic (exact) mass is 405 g/mol. The summed E-state index contributed by atoms with van der Waals surface area (Å²) in [4.78, 5) is 36.2. The van der Waals surface area contributed by atoms with Crippen molar-refractivity contribution >= 4 is 29.7 Å². The number of anilines is 1. The minimum absolute atomic E-state index is 0.0539. The lowest BCUT2D eigenvalue weighted by Crippen LogP contribution is -2.32. The van der Waals surface area contributed by atoms with E-state index in [1.54, 1.807) is 30.3 Å². The van der Waals surface area contributed by atoms with Gasteiger partial charge >= 0.3 is 17.8 Å². The molecule has 3 aromatic rings. The number of amides is 2. The molecule has 0 bridgehead atoms. The highest BCUT2D eigenvalue weighted by atomic mass is 16.5. The number of hydrogen-bond donors (Lipinski definition) is 2. The number of carbonyl (C=O) groups is 3. The Morgan fingerprint density at radius 2 is 1.67 bits per heavy atom. The summed E-state index contributed by atoms with van der Waals surface area (Å²) in [6.45, 7) is 3.67. The van der Waals surface area contributed by atoms with Crippen molar-refractivity contribution in [2.24, 2.45) is 5.10 Å². The molecule has 2 aromatic carbocycles. The Morgan fingerprint density at radius 1 is 0.933 bits per heavy atom. The number of hydrazone groups is 1. The number of ether oxygens (including phenoxy) is 1. The van der Waals surface area contributed by atoms with E-state index in [2.05, 4.69) is 15.8 Å². The molecule has 0 unspecified atom stereocenters. The molecule has 0 atom stereocenters. The predicted molar refractivity (Wildman–Crippen MR) is 110 cm³/mol. The lowest BCUT2D eigenvalue weighted by atomic mass is 10.1. The van der Waals surface area contributed by atoms with E-state index in [9.17, 15) is 14.4 Å². The van der Waals surface area contributed by atoms with Gasteiger partial charge < -0.3 is 14.5 Å². The number of carbonyl (C=O) groups excluding carboxylic acids is 3. The van der Waals surface area contributed by atoms with E-state index in [1.807, 2.05) is 32.0 Å². The van der Waals surface area contributed by atoms with Crippen molar-refractivity contribution in [1.29, 1.82) is 0 Å². The number of nitrogens with one attached hydrogen (secondary N) is 2. The van der Waals surface area contributed by atoms with Crippen LogP contribution in [0.3, 0.4) is 0 Å². The van der Waals surface area contributed by atoms with E-state index in [0.29, 0.717) is 11.3 Å². The molecule has 30 heavy (non-hydrogen) atoms. The quantitative estimate of drug-likeness (QED) is 0.223. The number of aryl methyl sites for hydroxylation is 2. The lowest BCUT2D eigenvalue weighted by molar-refractivity contribution is -0.136. The van der Waals surface area contributed by atoms with Crippen molar-refractivity contribution < 1.29 is 23.5 Å². The summed E-state index contributed by atoms with van der Waals surface area (Å²) in [5, 5.41) is 6.36. The smallest absolute Gasteiger partial charge is 0.379 e. The molecular formula is C22H19N3O5. The SMILES string of the molecule is Cc1cccc(C)c1NC(=O)C(=O)NN=Cc1ccccc1OC(=O)c1ccco1. The first kappa shape index (κ1) is 20.5. The van der Waals surface area contributed by atoms with Gasteiger partial charge in [0.15, 0.2) is 0 Å². The van der Waals surface area contributed by atoms with Gasteiger partial charge in [0, 0.05) is 11.3 Å². The zero-order chi connectivity index (χ0) is 21.5. The van der Waals surface area contributed by atoms with Crippen LogP contribution in [0.25, 0.3) is 0 Å². The van der Waals surface area contributed by atoms with Gasteiger partial charge in [-0.15, -0.1) is 0 Å². The molecule has 0 aliphatic carbocycles. The minimum Gasteiger partial charge on any atom is -0.457 e. The summed E-state index contributed by atoms with van der Waals surface area (Å²) in [6, 6.07) is 15.2. The molecule has 0 saturated heterocycles. The number of para-hydroxylation sites is 2. The summed E-state index contributed by atoms with van der Waals surface area (Å²) in [6.07, 6.45) is 2.64. The molecule has 0 radical (unpaired) electrons. The zero-order valence-corrected chi connectivity index (χ0v) is 16.3. The molecule has 1 heterocycles. The van der Waals surface area contributed by atoms with Crippen molar-refractivity contribution in [3.63, 3.8) is 0 Å². The van der Waals surface area contributed by atoms with E-state index in [-0.39, 0.29) is 11.5 Å². The number of furan rings is 1. The van der Waals surface area contributed by atoms with Gasteiger partial charge in [0.05, 0.1) is 12.5 Å². The highest BCUT2D eigenvalue weighted by Crippen LogP contribution is 2.19. The fourth-order valence-corrected chi connectivity index (χ4v) is 2.62. The third kappa shape index (κ3) is 4.99. The lowest BCUT2D eigenvalue weighted by Gasteiger charge is -2.10. The second-order valence-electron chi connectivity index (χ2n) is 6.32. The van der Waals surface area contributed by atoms with Gasteiger partial charge in [-0.25, -0.2) is 10.2 Å². The Morgan fingerprint density at radius 3 is 2.37 bits per heavy atom. The maximum atomic E-state index is 12.1. The van der Waals surface area contributed by atoms with Crippen LogP contribution in [-0.4, -0.2) is 24.0 Å². The van der Waals surface area contributed by atoms with Crippen LogP contribution in [0.1, 0.15) is 27.2 Å². The van der Waals surface area contributed by atoms with Crippen LogP contribution in [0, 0.1) is 13.8 Å². The molecule has 8 heteroatoms. The summed E-state index contributed by atoms with van der Waals surface area (Å²) in [5.41, 5.74) is 4.84. The highest BCUT2D eigenvalue weighted by Gasteiger charge is 2.16. The Kier molecular flexibility index (Phi) is 6.39. The molecule has 0 aliphatic heterocycles. The number of rotatable bonds is 5. The molecule has 2 N–H and O–H groups in total. The first-order valence-electron chi connectivity index (χ1n) is 9.01. The Labute approximate surface area is 172 Å². The number of nitrogens with zero attached hydrogens (tertiary/aromatic N) is 1. The molecular weight excluding hydrogens is 386 g/mol. The number of esters is 1. The van der Waals surface area contributed by atoms with Gasteiger partial charge in [0.25, 0.3) is 0 Å². The Balaban J connectivity index is 1.63. The van der Waals surface area contributed by atoms with Gasteiger partial charge in [0.1, 0.15) is 5.75 Å². The average molecular weight is 405 g/mol. The second kappa shape index (κ2) is 9.33. The van der Waals surface area contributed by atoms with Crippen molar-refractivity contribution in [2.75, 3.05) is 5.32 Å². The molecule has 0 aliphatic rings. The van der Waals surface area contributed by atoms with Gasteiger partial charge in [0.2, 0.25) is 5.76 Å². The second-order valence-corrected chi connectivity index (χ2v) is 6.32. The first-order valence-corrected chi connectivity index (χ1v) is 9.01. The fraction of sp³-hybridized carbons (Fsp3) is 0.0909. The molecule has 1 aromatic heterocycles. The van der Waals surface area contributed by atoms with Gasteiger partial charge in [-0.1, -0.05) is 30.3 Å². The highest BCUT2D eigenvalue weighted by molar-refractivity contribution is 6.39. The van der Waals surface area contributed by atoms with E-state index in [4.69, 9.17) is 9.15 Å². The van der Waals surface area contributed by atoms with Crippen LogP contribution < -0.4 is 15.5 Å². The van der Waals surface area contributed by atoms with E-state index >= 15 is 0 Å². The fourth-order valence-electron chi connectivity index (χ4n) is 2.62. The van der Waals surface area contributed by atoms with E-state index < -0.39 is 17.8 Å². The van der Waals surface area contributed by atoms with Crippen molar-refractivity contribution in [1.82, 2.24) is 5.43 Å². The van der Waals surface area contributed by atoms with Crippen LogP contribution >= 0.6 is 0 Å². The molecule has 3 rings (SSSR count). The van der Waals surface area contributed by atoms with Crippen LogP contribution in [0.2, 0.25) is 0 Å². The first-order chi connectivity index (χ1) is 14.5. The summed E-state index contributed by atoms with van der Waals surface area (Å²) in [7, 11) is 0. The van der Waals surface area contributed by atoms with Crippen molar-refractivity contribution in [2.45, 2.75) is 13.8 Å². The van der Waals surface area contributed by atoms with Crippen LogP contribution in [0.4, 0.5) is 5.69 Å². The van der Waals surface area contributed by atoms with Crippen LogP contribution in [0.5, 0.6) is 5.75 Å². The van der Waals surface area contributed by atoms with Crippen LogP contribution in [-0.2, 0) is 9.59 Å². The van der Waals surface area contributed by atoms with E-state index in [1.165, 1.54) is 18.5 Å². The largest absolute Gasteiger partial charge is 0.457 e. The summed E-state index contributed by atoms with van der Waals surface area (Å²) >= 11 is 0. The molecule has 0 spiro atoms. The average Bonchev–Trinajstić information content (AvgIpc) is 3.27. The van der Waals surface area contributed by atoms with Crippen molar-refractivity contribution in [3.05, 3.63) is 83.3 Å². The molecule has 2 amide bonds. The van der Waals surface area contributed by atoms with Gasteiger partial charge in [-0.2, -0.15) is 5.10 Å². The standard InChI is InChI=1S/C22H19N3O5/c1-14-7-5-8-15(2)19(14)24-20(26)21(27)25-23-13-16-9-3-4-10-17(16)30-22(28)18-11-6-12-29-18/h3-13H,1-2H3,(H,24,26)(H,25,27). The minimum atomic E-state index is -0.932. The van der Waals surface area contributed by atoms with Crippen LogP contribution in [0.15, 0.2) is 70.4 Å². The summed E-state index contributed by atoms with van der Waals surface area (Å²) < 4.78 is 10.3. The zero-order valence-electron chi connectivity index (χ0n) is 16.3. The molecule has 0 saturated carbocycles. The topological polar surface area (TPSA) is 110 Å². The predicted octanol–water partition coefficient (Wildman–Crippen LogP) is 3.20. The molecule has 8 nitrogen and oxygen atoms in total. The Hall–Kier alpha value is -4.20. The number of hydrogen-bond acceptors (Lipinski definition) is 6. The number of benzene rings is 2.